The Hall–Kier alpha value is -2.18. The third-order valence-corrected chi connectivity index (χ3v) is 2.84. The Labute approximate surface area is 118 Å². The Morgan fingerprint density at radius 2 is 2.20 bits per heavy atom. The second-order valence-corrected chi connectivity index (χ2v) is 4.67. The lowest BCUT2D eigenvalue weighted by atomic mass is 10.1. The van der Waals surface area contributed by atoms with Crippen LogP contribution in [-0.2, 0) is 0 Å². The van der Waals surface area contributed by atoms with Gasteiger partial charge in [0.25, 0.3) is 0 Å². The molecule has 1 atom stereocenters. The summed E-state index contributed by atoms with van der Waals surface area (Å²) in [4.78, 5) is 16.8. The van der Waals surface area contributed by atoms with Crippen LogP contribution in [0.3, 0.4) is 0 Å². The van der Waals surface area contributed by atoms with Gasteiger partial charge in [0.15, 0.2) is 0 Å². The van der Waals surface area contributed by atoms with Crippen LogP contribution in [0, 0.1) is 5.92 Å². The zero-order valence-corrected chi connectivity index (χ0v) is 12.1. The summed E-state index contributed by atoms with van der Waals surface area (Å²) in [6.07, 6.45) is 7.35. The SMILES string of the molecule is CCCC(C)COc1nc(NC)nc(-n2ccnc2)n1. The van der Waals surface area contributed by atoms with E-state index in [1.807, 2.05) is 0 Å². The van der Waals surface area contributed by atoms with Gasteiger partial charge in [-0.3, -0.25) is 4.57 Å². The highest BCUT2D eigenvalue weighted by atomic mass is 16.5. The standard InChI is InChI=1S/C13H20N6O/c1-4-5-10(2)8-20-13-17-11(14-3)16-12(18-13)19-7-6-15-9-19/h6-7,9-10H,4-5,8H2,1-3H3,(H,14,16,17,18). The second-order valence-electron chi connectivity index (χ2n) is 4.67. The molecule has 7 nitrogen and oxygen atoms in total. The molecule has 7 heteroatoms. The minimum absolute atomic E-state index is 0.330. The van der Waals surface area contributed by atoms with E-state index in [1.54, 1.807) is 30.3 Å². The van der Waals surface area contributed by atoms with Gasteiger partial charge in [0.05, 0.1) is 6.61 Å². The van der Waals surface area contributed by atoms with Gasteiger partial charge in [0, 0.05) is 19.4 Å². The molecule has 20 heavy (non-hydrogen) atoms. The predicted molar refractivity (Wildman–Crippen MR) is 76.1 cm³/mol. The molecule has 0 aliphatic carbocycles. The summed E-state index contributed by atoms with van der Waals surface area (Å²) in [5.74, 6) is 1.44. The molecule has 2 heterocycles. The first kappa shape index (κ1) is 14.2. The molecule has 0 aliphatic heterocycles. The molecule has 2 aromatic heterocycles. The minimum Gasteiger partial charge on any atom is -0.463 e. The van der Waals surface area contributed by atoms with E-state index >= 15 is 0 Å². The van der Waals surface area contributed by atoms with Gasteiger partial charge in [0.1, 0.15) is 6.33 Å². The first-order valence-corrected chi connectivity index (χ1v) is 6.78. The molecule has 0 aromatic carbocycles. The molecule has 0 fully saturated rings. The Morgan fingerprint density at radius 3 is 2.85 bits per heavy atom. The lowest BCUT2D eigenvalue weighted by Gasteiger charge is -2.12. The molecule has 0 spiro atoms. The van der Waals surface area contributed by atoms with E-state index in [-0.39, 0.29) is 0 Å². The van der Waals surface area contributed by atoms with E-state index in [2.05, 4.69) is 39.1 Å². The Morgan fingerprint density at radius 1 is 1.35 bits per heavy atom. The third-order valence-electron chi connectivity index (χ3n) is 2.84. The molecule has 108 valence electrons. The number of anilines is 1. The van der Waals surface area contributed by atoms with Crippen LogP contribution in [0.5, 0.6) is 6.01 Å². The monoisotopic (exact) mass is 276 g/mol. The smallest absolute Gasteiger partial charge is 0.323 e. The molecular weight excluding hydrogens is 256 g/mol. The fraction of sp³-hybridized carbons (Fsp3) is 0.538. The van der Waals surface area contributed by atoms with E-state index < -0.39 is 0 Å². The molecule has 0 aliphatic rings. The molecule has 0 saturated heterocycles. The normalized spacial score (nSPS) is 12.2. The number of hydrogen-bond donors (Lipinski definition) is 1. The minimum atomic E-state index is 0.330. The van der Waals surface area contributed by atoms with Crippen molar-refractivity contribution in [2.75, 3.05) is 19.0 Å². The van der Waals surface area contributed by atoms with Crippen LogP contribution in [0.4, 0.5) is 5.95 Å². The zero-order chi connectivity index (χ0) is 14.4. The summed E-state index contributed by atoms with van der Waals surface area (Å²) in [7, 11) is 1.76. The van der Waals surface area contributed by atoms with Gasteiger partial charge in [-0.25, -0.2) is 4.98 Å². The number of nitrogens with one attached hydrogen (secondary N) is 1. The lowest BCUT2D eigenvalue weighted by molar-refractivity contribution is 0.233. The fourth-order valence-corrected chi connectivity index (χ4v) is 1.81. The van der Waals surface area contributed by atoms with E-state index in [0.717, 1.165) is 12.8 Å². The maximum atomic E-state index is 5.67. The van der Waals surface area contributed by atoms with Crippen molar-refractivity contribution in [1.29, 1.82) is 0 Å². The van der Waals surface area contributed by atoms with Crippen LogP contribution in [0.2, 0.25) is 0 Å². The van der Waals surface area contributed by atoms with Crippen molar-refractivity contribution in [2.24, 2.45) is 5.92 Å². The fourth-order valence-electron chi connectivity index (χ4n) is 1.81. The molecular formula is C13H20N6O. The van der Waals surface area contributed by atoms with E-state index in [0.29, 0.717) is 30.4 Å². The number of nitrogens with zero attached hydrogens (tertiary/aromatic N) is 5. The zero-order valence-electron chi connectivity index (χ0n) is 12.1. The van der Waals surface area contributed by atoms with Crippen LogP contribution in [0.15, 0.2) is 18.7 Å². The summed E-state index contributed by atoms with van der Waals surface area (Å²) >= 11 is 0. The molecule has 1 N–H and O–H groups in total. The lowest BCUT2D eigenvalue weighted by Crippen LogP contribution is -2.13. The van der Waals surface area contributed by atoms with Crippen LogP contribution < -0.4 is 10.1 Å². The van der Waals surface area contributed by atoms with E-state index in [1.165, 1.54) is 0 Å². The van der Waals surface area contributed by atoms with Gasteiger partial charge in [-0.1, -0.05) is 20.3 Å². The third kappa shape index (κ3) is 3.66. The van der Waals surface area contributed by atoms with Crippen molar-refractivity contribution in [1.82, 2.24) is 24.5 Å². The number of aromatic nitrogens is 5. The van der Waals surface area contributed by atoms with Crippen molar-refractivity contribution in [3.8, 4) is 12.0 Å². The number of hydrogen-bond acceptors (Lipinski definition) is 6. The van der Waals surface area contributed by atoms with Crippen molar-refractivity contribution in [3.63, 3.8) is 0 Å². The number of rotatable bonds is 7. The topological polar surface area (TPSA) is 77.8 Å². The highest BCUT2D eigenvalue weighted by Gasteiger charge is 2.09. The predicted octanol–water partition coefficient (Wildman–Crippen LogP) is 1.91. The summed E-state index contributed by atoms with van der Waals surface area (Å²) in [6.45, 7) is 4.92. The Kier molecular flexibility index (Phi) is 4.86. The van der Waals surface area contributed by atoms with Gasteiger partial charge >= 0.3 is 6.01 Å². The van der Waals surface area contributed by atoms with E-state index in [4.69, 9.17) is 4.74 Å². The summed E-state index contributed by atoms with van der Waals surface area (Å²) in [5.41, 5.74) is 0. The Balaban J connectivity index is 2.14. The summed E-state index contributed by atoms with van der Waals surface area (Å²) in [5, 5.41) is 2.91. The van der Waals surface area contributed by atoms with Crippen LogP contribution in [0.25, 0.3) is 5.95 Å². The maximum absolute atomic E-state index is 5.67. The largest absolute Gasteiger partial charge is 0.463 e. The molecule has 0 amide bonds. The molecule has 2 rings (SSSR count). The quantitative estimate of drug-likeness (QED) is 0.832. The molecule has 0 radical (unpaired) electrons. The van der Waals surface area contributed by atoms with Gasteiger partial charge in [0.2, 0.25) is 11.9 Å². The van der Waals surface area contributed by atoms with Crippen LogP contribution in [0.1, 0.15) is 26.7 Å². The van der Waals surface area contributed by atoms with Crippen LogP contribution >= 0.6 is 0 Å². The van der Waals surface area contributed by atoms with Gasteiger partial charge in [-0.05, 0) is 12.3 Å². The van der Waals surface area contributed by atoms with E-state index in [9.17, 15) is 0 Å². The van der Waals surface area contributed by atoms with Crippen LogP contribution in [-0.4, -0.2) is 38.2 Å². The number of imidazole rings is 1. The van der Waals surface area contributed by atoms with Gasteiger partial charge in [-0.2, -0.15) is 15.0 Å². The molecule has 0 saturated carbocycles. The van der Waals surface area contributed by atoms with Crippen molar-refractivity contribution in [2.45, 2.75) is 26.7 Å². The number of ether oxygens (including phenoxy) is 1. The molecule has 0 bridgehead atoms. The Bertz CT molecular complexity index is 528. The summed E-state index contributed by atoms with van der Waals surface area (Å²) in [6, 6.07) is 0.330. The van der Waals surface area contributed by atoms with Crippen molar-refractivity contribution >= 4 is 5.95 Å². The molecule has 1 unspecified atom stereocenters. The highest BCUT2D eigenvalue weighted by molar-refractivity contribution is 5.29. The van der Waals surface area contributed by atoms with Gasteiger partial charge < -0.3 is 10.1 Å². The summed E-state index contributed by atoms with van der Waals surface area (Å²) < 4.78 is 7.38. The average Bonchev–Trinajstić information content (AvgIpc) is 2.99. The highest BCUT2D eigenvalue weighted by Crippen LogP contribution is 2.13. The first-order valence-electron chi connectivity index (χ1n) is 6.78. The maximum Gasteiger partial charge on any atom is 0.323 e. The molecule has 2 aromatic rings. The van der Waals surface area contributed by atoms with Crippen molar-refractivity contribution in [3.05, 3.63) is 18.7 Å². The average molecular weight is 276 g/mol. The second kappa shape index (κ2) is 6.83. The van der Waals surface area contributed by atoms with Crippen molar-refractivity contribution < 1.29 is 4.74 Å². The first-order chi connectivity index (χ1) is 9.72. The van der Waals surface area contributed by atoms with Gasteiger partial charge in [-0.15, -0.1) is 0 Å².